The maximum absolute atomic E-state index is 13.8. The zero-order valence-electron chi connectivity index (χ0n) is 19.9. The smallest absolute Gasteiger partial charge is 0.338 e. The van der Waals surface area contributed by atoms with E-state index in [1.165, 1.54) is 36.4 Å². The van der Waals surface area contributed by atoms with Crippen LogP contribution in [0.4, 0.5) is 5.69 Å². The summed E-state index contributed by atoms with van der Waals surface area (Å²) >= 11 is 0. The van der Waals surface area contributed by atoms with Gasteiger partial charge in [-0.1, -0.05) is 48.5 Å². The van der Waals surface area contributed by atoms with Crippen LogP contribution in [0, 0.1) is 0 Å². The van der Waals surface area contributed by atoms with E-state index in [4.69, 9.17) is 4.74 Å². The lowest BCUT2D eigenvalue weighted by atomic mass is 10.1. The van der Waals surface area contributed by atoms with Gasteiger partial charge in [0.05, 0.1) is 29.2 Å². The van der Waals surface area contributed by atoms with Crippen molar-refractivity contribution < 1.29 is 27.5 Å². The summed E-state index contributed by atoms with van der Waals surface area (Å²) in [7, 11) is -4.15. The highest BCUT2D eigenvalue weighted by molar-refractivity contribution is 7.89. The van der Waals surface area contributed by atoms with Crippen LogP contribution in [0.15, 0.2) is 89.8 Å². The van der Waals surface area contributed by atoms with Crippen molar-refractivity contribution in [3.63, 3.8) is 0 Å². The summed E-state index contributed by atoms with van der Waals surface area (Å²) in [6.07, 6.45) is -0.304. The van der Waals surface area contributed by atoms with Crippen LogP contribution in [0.25, 0.3) is 0 Å². The van der Waals surface area contributed by atoms with Gasteiger partial charge in [0, 0.05) is 6.04 Å². The molecule has 186 valence electrons. The molecule has 1 fully saturated rings. The molecule has 2 atom stereocenters. The van der Waals surface area contributed by atoms with Gasteiger partial charge in [-0.3, -0.25) is 9.59 Å². The summed E-state index contributed by atoms with van der Waals surface area (Å²) in [4.78, 5) is 39.6. The molecule has 0 saturated carbocycles. The van der Waals surface area contributed by atoms with Crippen LogP contribution in [0.3, 0.4) is 0 Å². The van der Waals surface area contributed by atoms with Crippen LogP contribution in [0.5, 0.6) is 0 Å². The molecule has 1 heterocycles. The standard InChI is InChI=1S/C27H26N2O6S/c1-3-35-27(32)21-14-16-22(17-15-21)28-25(30)18-24(26(28)31)29(19(2)20-10-6-4-7-11-20)36(33,34)23-12-8-5-9-13-23/h4-17,19,24H,3,18H2,1-2H3. The molecule has 9 heteroatoms. The molecule has 0 N–H and O–H groups in total. The predicted molar refractivity (Wildman–Crippen MR) is 134 cm³/mol. The van der Waals surface area contributed by atoms with E-state index in [0.29, 0.717) is 5.56 Å². The maximum atomic E-state index is 13.8. The first-order valence-corrected chi connectivity index (χ1v) is 13.0. The zero-order chi connectivity index (χ0) is 25.9. The number of anilines is 1. The van der Waals surface area contributed by atoms with Gasteiger partial charge in [0.1, 0.15) is 6.04 Å². The summed E-state index contributed by atoms with van der Waals surface area (Å²) in [5, 5.41) is 0. The lowest BCUT2D eigenvalue weighted by Crippen LogP contribution is -2.46. The minimum atomic E-state index is -4.15. The monoisotopic (exact) mass is 506 g/mol. The van der Waals surface area contributed by atoms with E-state index in [0.717, 1.165) is 9.21 Å². The lowest BCUT2D eigenvalue weighted by molar-refractivity contribution is -0.122. The van der Waals surface area contributed by atoms with Crippen LogP contribution < -0.4 is 4.90 Å². The Labute approximate surface area is 210 Å². The van der Waals surface area contributed by atoms with Gasteiger partial charge in [-0.15, -0.1) is 0 Å². The van der Waals surface area contributed by atoms with Crippen LogP contribution in [-0.4, -0.2) is 43.2 Å². The number of amides is 2. The summed E-state index contributed by atoms with van der Waals surface area (Å²) in [6.45, 7) is 3.61. The number of ether oxygens (including phenoxy) is 1. The Morgan fingerprint density at radius 1 is 0.972 bits per heavy atom. The fourth-order valence-electron chi connectivity index (χ4n) is 4.29. The Bertz CT molecular complexity index is 1360. The fourth-order valence-corrected chi connectivity index (χ4v) is 6.07. The molecule has 4 rings (SSSR count). The highest BCUT2D eigenvalue weighted by Crippen LogP contribution is 2.35. The van der Waals surface area contributed by atoms with Gasteiger partial charge in [0.15, 0.2) is 0 Å². The van der Waals surface area contributed by atoms with Crippen molar-refractivity contribution in [2.75, 3.05) is 11.5 Å². The van der Waals surface area contributed by atoms with Crippen molar-refractivity contribution in [3.8, 4) is 0 Å². The van der Waals surface area contributed by atoms with E-state index in [9.17, 15) is 22.8 Å². The number of carbonyl (C=O) groups excluding carboxylic acids is 3. The average Bonchev–Trinajstić information content (AvgIpc) is 3.18. The van der Waals surface area contributed by atoms with E-state index in [-0.39, 0.29) is 29.2 Å². The zero-order valence-corrected chi connectivity index (χ0v) is 20.7. The number of rotatable bonds is 8. The second-order valence-electron chi connectivity index (χ2n) is 8.29. The number of carbonyl (C=O) groups is 3. The van der Waals surface area contributed by atoms with E-state index in [2.05, 4.69) is 0 Å². The van der Waals surface area contributed by atoms with Gasteiger partial charge in [-0.25, -0.2) is 18.1 Å². The number of imide groups is 1. The number of sulfonamides is 1. The Morgan fingerprint density at radius 2 is 1.56 bits per heavy atom. The first-order chi connectivity index (χ1) is 17.3. The molecule has 0 radical (unpaired) electrons. The topological polar surface area (TPSA) is 101 Å². The predicted octanol–water partition coefficient (Wildman–Crippen LogP) is 3.95. The first-order valence-electron chi connectivity index (χ1n) is 11.5. The largest absolute Gasteiger partial charge is 0.462 e. The van der Waals surface area contributed by atoms with Gasteiger partial charge in [0.2, 0.25) is 15.9 Å². The number of hydrogen-bond acceptors (Lipinski definition) is 6. The molecule has 0 spiro atoms. The summed E-state index contributed by atoms with van der Waals surface area (Å²) in [6, 6.07) is 20.7. The minimum Gasteiger partial charge on any atom is -0.462 e. The second-order valence-corrected chi connectivity index (χ2v) is 10.1. The molecule has 2 amide bonds. The summed E-state index contributed by atoms with van der Waals surface area (Å²) in [5.74, 6) is -1.69. The van der Waals surface area contributed by atoms with Crippen molar-refractivity contribution in [2.24, 2.45) is 0 Å². The third-order valence-corrected chi connectivity index (χ3v) is 8.04. The normalized spacial score (nSPS) is 16.9. The Kier molecular flexibility index (Phi) is 7.32. The molecule has 0 bridgehead atoms. The van der Waals surface area contributed by atoms with Crippen LogP contribution >= 0.6 is 0 Å². The van der Waals surface area contributed by atoms with Crippen molar-refractivity contribution >= 4 is 33.5 Å². The van der Waals surface area contributed by atoms with Crippen molar-refractivity contribution in [3.05, 3.63) is 96.1 Å². The Balaban J connectivity index is 1.72. The van der Waals surface area contributed by atoms with Gasteiger partial charge in [-0.05, 0) is 55.8 Å². The third kappa shape index (κ3) is 4.80. The Hall–Kier alpha value is -3.82. The van der Waals surface area contributed by atoms with Gasteiger partial charge in [-0.2, -0.15) is 4.31 Å². The molecule has 1 saturated heterocycles. The molecule has 8 nitrogen and oxygen atoms in total. The van der Waals surface area contributed by atoms with Crippen LogP contribution in [0.2, 0.25) is 0 Å². The van der Waals surface area contributed by atoms with E-state index >= 15 is 0 Å². The van der Waals surface area contributed by atoms with Crippen molar-refractivity contribution in [1.29, 1.82) is 0 Å². The highest BCUT2D eigenvalue weighted by Gasteiger charge is 2.48. The minimum absolute atomic E-state index is 0.0327. The molecule has 1 aliphatic rings. The Morgan fingerprint density at radius 3 is 2.14 bits per heavy atom. The third-order valence-electron chi connectivity index (χ3n) is 6.05. The SMILES string of the molecule is CCOC(=O)c1ccc(N2C(=O)CC(N(C(C)c3ccccc3)S(=O)(=O)c3ccccc3)C2=O)cc1. The molecular weight excluding hydrogens is 480 g/mol. The number of esters is 1. The molecular formula is C27H26N2O6S. The van der Waals surface area contributed by atoms with Gasteiger partial charge < -0.3 is 4.74 Å². The van der Waals surface area contributed by atoms with Crippen LogP contribution in [-0.2, 0) is 24.3 Å². The molecule has 36 heavy (non-hydrogen) atoms. The van der Waals surface area contributed by atoms with Crippen LogP contribution in [0.1, 0.15) is 42.2 Å². The van der Waals surface area contributed by atoms with Crippen molar-refractivity contribution in [2.45, 2.75) is 37.2 Å². The van der Waals surface area contributed by atoms with E-state index < -0.39 is 39.9 Å². The van der Waals surface area contributed by atoms with E-state index in [1.807, 2.05) is 6.07 Å². The van der Waals surface area contributed by atoms with Gasteiger partial charge >= 0.3 is 5.97 Å². The molecule has 3 aromatic carbocycles. The maximum Gasteiger partial charge on any atom is 0.338 e. The fraction of sp³-hybridized carbons (Fsp3) is 0.222. The number of nitrogens with zero attached hydrogens (tertiary/aromatic N) is 2. The number of hydrogen-bond donors (Lipinski definition) is 0. The molecule has 2 unspecified atom stereocenters. The van der Waals surface area contributed by atoms with E-state index in [1.54, 1.807) is 56.3 Å². The molecule has 0 aliphatic carbocycles. The molecule has 0 aromatic heterocycles. The quantitative estimate of drug-likeness (QED) is 0.339. The average molecular weight is 507 g/mol. The lowest BCUT2D eigenvalue weighted by Gasteiger charge is -2.32. The van der Waals surface area contributed by atoms with Crippen molar-refractivity contribution in [1.82, 2.24) is 4.31 Å². The molecule has 3 aromatic rings. The second kappa shape index (κ2) is 10.4. The highest BCUT2D eigenvalue weighted by atomic mass is 32.2. The molecule has 1 aliphatic heterocycles. The summed E-state index contributed by atoms with van der Waals surface area (Å²) in [5.41, 5.74) is 1.22. The summed E-state index contributed by atoms with van der Waals surface area (Å²) < 4.78 is 33.7. The number of benzene rings is 3. The first kappa shape index (κ1) is 25.3. The van der Waals surface area contributed by atoms with Gasteiger partial charge in [0.25, 0.3) is 5.91 Å².